The van der Waals surface area contributed by atoms with Gasteiger partial charge >= 0.3 is 5.97 Å². The first kappa shape index (κ1) is 15.3. The minimum absolute atomic E-state index is 0.0496. The van der Waals surface area contributed by atoms with Gasteiger partial charge in [0, 0.05) is 6.42 Å². The lowest BCUT2D eigenvalue weighted by Gasteiger charge is -2.32. The lowest BCUT2D eigenvalue weighted by molar-refractivity contribution is -0.158. The predicted molar refractivity (Wildman–Crippen MR) is 84.9 cm³/mol. The Hall–Kier alpha value is -1.64. The number of hydrogen-bond donors (Lipinski definition) is 1. The van der Waals surface area contributed by atoms with Gasteiger partial charge in [0.05, 0.1) is 0 Å². The summed E-state index contributed by atoms with van der Waals surface area (Å²) in [6.07, 6.45) is 3.72. The monoisotopic (exact) mass is 300 g/mol. The van der Waals surface area contributed by atoms with Gasteiger partial charge in [0.2, 0.25) is 0 Å². The van der Waals surface area contributed by atoms with Crippen LogP contribution in [0.15, 0.2) is 12.1 Å². The highest BCUT2D eigenvalue weighted by Crippen LogP contribution is 2.57. The van der Waals surface area contributed by atoms with E-state index in [0.717, 1.165) is 36.0 Å². The maximum Gasteiger partial charge on any atom is 0.317 e. The number of aliphatic carboxylic acids is 1. The van der Waals surface area contributed by atoms with Crippen molar-refractivity contribution in [3.63, 3.8) is 0 Å². The molecule has 3 nitrogen and oxygen atoms in total. The van der Waals surface area contributed by atoms with Crippen molar-refractivity contribution in [2.24, 2.45) is 17.3 Å². The van der Waals surface area contributed by atoms with Crippen LogP contribution < -0.4 is 0 Å². The number of carboxylic acid groups (broad SMARTS) is 1. The quantitative estimate of drug-likeness (QED) is 0.864. The number of carbonyl (C=O) groups excluding carboxylic acids is 1. The van der Waals surface area contributed by atoms with Gasteiger partial charge in [0.25, 0.3) is 0 Å². The van der Waals surface area contributed by atoms with E-state index in [0.29, 0.717) is 12.3 Å². The van der Waals surface area contributed by atoms with Gasteiger partial charge < -0.3 is 5.11 Å². The van der Waals surface area contributed by atoms with Crippen molar-refractivity contribution in [3.05, 3.63) is 34.4 Å². The smallest absolute Gasteiger partial charge is 0.317 e. The van der Waals surface area contributed by atoms with E-state index in [1.54, 1.807) is 0 Å². The molecule has 0 amide bonds. The minimum atomic E-state index is -1.12. The van der Waals surface area contributed by atoms with Gasteiger partial charge in [-0.05, 0) is 68.6 Å². The average molecular weight is 300 g/mol. The number of aryl methyl sites for hydroxylation is 3. The molecule has 2 bridgehead atoms. The molecule has 0 aliphatic heterocycles. The number of fused-ring (bicyclic) bond motifs is 2. The lowest BCUT2D eigenvalue weighted by Crippen LogP contribution is -2.44. The molecule has 0 heterocycles. The summed E-state index contributed by atoms with van der Waals surface area (Å²) < 4.78 is 0. The maximum absolute atomic E-state index is 13.0. The largest absolute Gasteiger partial charge is 0.480 e. The molecule has 0 radical (unpaired) electrons. The van der Waals surface area contributed by atoms with Crippen molar-refractivity contribution >= 4 is 11.8 Å². The Balaban J connectivity index is 1.92. The summed E-state index contributed by atoms with van der Waals surface area (Å²) in [5, 5.41) is 9.80. The molecule has 0 aromatic heterocycles. The molecular weight excluding hydrogens is 276 g/mol. The van der Waals surface area contributed by atoms with Gasteiger partial charge in [0.1, 0.15) is 5.41 Å². The van der Waals surface area contributed by atoms with E-state index in [9.17, 15) is 14.7 Å². The van der Waals surface area contributed by atoms with Crippen molar-refractivity contribution in [1.29, 1.82) is 0 Å². The summed E-state index contributed by atoms with van der Waals surface area (Å²) in [6.45, 7) is 6.06. The molecule has 3 heteroatoms. The third-order valence-corrected chi connectivity index (χ3v) is 5.91. The Labute approximate surface area is 131 Å². The van der Waals surface area contributed by atoms with Gasteiger partial charge in [-0.1, -0.05) is 24.1 Å². The highest BCUT2D eigenvalue weighted by molar-refractivity contribution is 6.05. The van der Waals surface area contributed by atoms with Crippen molar-refractivity contribution in [1.82, 2.24) is 0 Å². The SMILES string of the molecule is Cc1cc(C)c(CC(=O)C2(C(=O)O)CC3CCC2C3)c(C)c1. The molecule has 22 heavy (non-hydrogen) atoms. The van der Waals surface area contributed by atoms with Gasteiger partial charge in [-0.3, -0.25) is 9.59 Å². The Morgan fingerprint density at radius 3 is 2.27 bits per heavy atom. The van der Waals surface area contributed by atoms with E-state index < -0.39 is 11.4 Å². The molecule has 2 aliphatic carbocycles. The topological polar surface area (TPSA) is 54.4 Å². The third kappa shape index (κ3) is 2.18. The van der Waals surface area contributed by atoms with E-state index in [2.05, 4.69) is 12.1 Å². The summed E-state index contributed by atoms with van der Waals surface area (Å²) in [5.41, 5.74) is 3.26. The van der Waals surface area contributed by atoms with Crippen LogP contribution in [0.1, 0.15) is 47.9 Å². The van der Waals surface area contributed by atoms with Crippen molar-refractivity contribution in [2.45, 2.75) is 52.9 Å². The average Bonchev–Trinajstić information content (AvgIpc) is 3.03. The Morgan fingerprint density at radius 2 is 1.82 bits per heavy atom. The van der Waals surface area contributed by atoms with Gasteiger partial charge in [-0.15, -0.1) is 0 Å². The number of Topliss-reactive ketones (excluding diaryl/α,β-unsaturated/α-hetero) is 1. The Morgan fingerprint density at radius 1 is 1.18 bits per heavy atom. The molecule has 1 aromatic carbocycles. The van der Waals surface area contributed by atoms with Crippen LogP contribution >= 0.6 is 0 Å². The van der Waals surface area contributed by atoms with Gasteiger partial charge in [0.15, 0.2) is 5.78 Å². The molecule has 3 unspecified atom stereocenters. The number of ketones is 1. The normalized spacial score (nSPS) is 29.8. The summed E-state index contributed by atoms with van der Waals surface area (Å²) >= 11 is 0. The van der Waals surface area contributed by atoms with Gasteiger partial charge in [-0.25, -0.2) is 0 Å². The van der Waals surface area contributed by atoms with Crippen molar-refractivity contribution in [2.75, 3.05) is 0 Å². The highest BCUT2D eigenvalue weighted by atomic mass is 16.4. The zero-order chi connectivity index (χ0) is 16.1. The molecule has 1 aromatic rings. The van der Waals surface area contributed by atoms with Crippen LogP contribution in [-0.2, 0) is 16.0 Å². The number of rotatable bonds is 4. The second-order valence-electron chi connectivity index (χ2n) is 7.33. The molecule has 2 aliphatic rings. The molecule has 3 rings (SSSR count). The first-order chi connectivity index (χ1) is 10.3. The molecule has 1 N–H and O–H groups in total. The van der Waals surface area contributed by atoms with Crippen LogP contribution in [0.4, 0.5) is 0 Å². The van der Waals surface area contributed by atoms with Gasteiger partial charge in [-0.2, -0.15) is 0 Å². The van der Waals surface area contributed by atoms with Crippen molar-refractivity contribution < 1.29 is 14.7 Å². The minimum Gasteiger partial charge on any atom is -0.480 e. The summed E-state index contributed by atoms with van der Waals surface area (Å²) in [5.74, 6) is -0.492. The highest BCUT2D eigenvalue weighted by Gasteiger charge is 2.59. The van der Waals surface area contributed by atoms with Crippen LogP contribution in [-0.4, -0.2) is 16.9 Å². The van der Waals surface area contributed by atoms with E-state index in [1.807, 2.05) is 20.8 Å². The molecule has 3 atom stereocenters. The number of hydrogen-bond acceptors (Lipinski definition) is 2. The zero-order valence-corrected chi connectivity index (χ0v) is 13.6. The Kier molecular flexibility index (Phi) is 3.62. The van der Waals surface area contributed by atoms with Crippen LogP contribution in [0, 0.1) is 38.0 Å². The predicted octanol–water partition coefficient (Wildman–Crippen LogP) is 3.61. The van der Waals surface area contributed by atoms with Crippen LogP contribution in [0.2, 0.25) is 0 Å². The van der Waals surface area contributed by atoms with E-state index in [-0.39, 0.29) is 18.1 Å². The fourth-order valence-corrected chi connectivity index (χ4v) is 4.86. The molecule has 0 saturated heterocycles. The van der Waals surface area contributed by atoms with Crippen molar-refractivity contribution in [3.8, 4) is 0 Å². The third-order valence-electron chi connectivity index (χ3n) is 5.91. The molecular formula is C19H24O3. The number of carboxylic acids is 1. The Bertz CT molecular complexity index is 623. The summed E-state index contributed by atoms with van der Waals surface area (Å²) in [7, 11) is 0. The van der Waals surface area contributed by atoms with E-state index >= 15 is 0 Å². The number of carbonyl (C=O) groups is 2. The fraction of sp³-hybridized carbons (Fsp3) is 0.579. The summed E-state index contributed by atoms with van der Waals surface area (Å²) in [6, 6.07) is 4.15. The second-order valence-corrected chi connectivity index (χ2v) is 7.33. The maximum atomic E-state index is 13.0. The number of benzene rings is 1. The summed E-state index contributed by atoms with van der Waals surface area (Å²) in [4.78, 5) is 24.9. The molecule has 118 valence electrons. The standard InChI is InChI=1S/C19H24O3/c1-11-6-12(2)16(13(3)7-11)9-17(20)19(18(21)22)10-14-4-5-15(19)8-14/h6-7,14-15H,4-5,8-10H2,1-3H3,(H,21,22). The lowest BCUT2D eigenvalue weighted by atomic mass is 9.68. The van der Waals surface area contributed by atoms with Crippen LogP contribution in [0.5, 0.6) is 0 Å². The molecule has 2 saturated carbocycles. The van der Waals surface area contributed by atoms with E-state index in [1.165, 1.54) is 5.56 Å². The van der Waals surface area contributed by atoms with Crippen LogP contribution in [0.3, 0.4) is 0 Å². The van der Waals surface area contributed by atoms with Crippen LogP contribution in [0.25, 0.3) is 0 Å². The fourth-order valence-electron chi connectivity index (χ4n) is 4.86. The van der Waals surface area contributed by atoms with E-state index in [4.69, 9.17) is 0 Å². The second kappa shape index (κ2) is 5.22. The molecule has 2 fully saturated rings. The zero-order valence-electron chi connectivity index (χ0n) is 13.6. The first-order valence-corrected chi connectivity index (χ1v) is 8.18. The molecule has 0 spiro atoms. The first-order valence-electron chi connectivity index (χ1n) is 8.18.